The van der Waals surface area contributed by atoms with Crippen LogP contribution in [0.3, 0.4) is 0 Å². The Labute approximate surface area is 169 Å². The van der Waals surface area contributed by atoms with E-state index in [1.165, 1.54) is 6.07 Å². The number of carbonyl (C=O) groups is 1. The molecule has 0 aliphatic carbocycles. The predicted octanol–water partition coefficient (Wildman–Crippen LogP) is 5.01. The Morgan fingerprint density at radius 2 is 1.61 bits per heavy atom. The number of rotatable bonds is 5. The normalized spacial score (nSPS) is 11.1. The van der Waals surface area contributed by atoms with E-state index in [1.807, 2.05) is 19.1 Å². The number of hydrogen-bond donors (Lipinski definition) is 2. The van der Waals surface area contributed by atoms with Gasteiger partial charge in [-0.25, -0.2) is 8.42 Å². The molecule has 0 heterocycles. The van der Waals surface area contributed by atoms with Crippen molar-refractivity contribution < 1.29 is 13.2 Å². The second-order valence-electron chi connectivity index (χ2n) is 6.42. The molecule has 0 aliphatic heterocycles. The molecule has 144 valence electrons. The highest BCUT2D eigenvalue weighted by Crippen LogP contribution is 2.22. The van der Waals surface area contributed by atoms with Crippen LogP contribution < -0.4 is 10.0 Å². The first-order valence-electron chi connectivity index (χ1n) is 8.52. The first-order valence-corrected chi connectivity index (χ1v) is 10.4. The molecule has 0 radical (unpaired) electrons. The fraction of sp³-hybridized carbons (Fsp3) is 0.0952. The molecule has 0 aromatic heterocycles. The fourth-order valence-corrected chi connectivity index (χ4v) is 4.15. The average Bonchev–Trinajstić information content (AvgIpc) is 2.63. The van der Waals surface area contributed by atoms with Crippen LogP contribution in [-0.4, -0.2) is 14.3 Å². The maximum atomic E-state index is 12.8. The summed E-state index contributed by atoms with van der Waals surface area (Å²) >= 11 is 5.93. The van der Waals surface area contributed by atoms with Crippen LogP contribution in [0.5, 0.6) is 0 Å². The van der Waals surface area contributed by atoms with Crippen molar-refractivity contribution in [3.8, 4) is 0 Å². The van der Waals surface area contributed by atoms with Gasteiger partial charge in [-0.1, -0.05) is 41.4 Å². The van der Waals surface area contributed by atoms with Crippen molar-refractivity contribution in [2.24, 2.45) is 0 Å². The van der Waals surface area contributed by atoms with E-state index >= 15 is 0 Å². The zero-order valence-corrected chi connectivity index (χ0v) is 16.9. The number of amides is 1. The summed E-state index contributed by atoms with van der Waals surface area (Å²) in [5.74, 6) is -0.422. The average molecular weight is 415 g/mol. The van der Waals surface area contributed by atoms with E-state index in [4.69, 9.17) is 11.6 Å². The highest BCUT2D eigenvalue weighted by Gasteiger charge is 2.19. The molecule has 7 heteroatoms. The highest BCUT2D eigenvalue weighted by atomic mass is 35.5. The van der Waals surface area contributed by atoms with Crippen LogP contribution in [0.25, 0.3) is 0 Å². The summed E-state index contributed by atoms with van der Waals surface area (Å²) in [5.41, 5.74) is 2.78. The summed E-state index contributed by atoms with van der Waals surface area (Å²) < 4.78 is 28.2. The Kier molecular flexibility index (Phi) is 5.72. The first-order chi connectivity index (χ1) is 13.2. The molecule has 28 heavy (non-hydrogen) atoms. The molecular weight excluding hydrogens is 396 g/mol. The minimum atomic E-state index is -3.84. The van der Waals surface area contributed by atoms with Crippen LogP contribution in [0.15, 0.2) is 71.6 Å². The number of carbonyl (C=O) groups excluding carboxylic acids is 1. The predicted molar refractivity (Wildman–Crippen MR) is 113 cm³/mol. The van der Waals surface area contributed by atoms with E-state index in [2.05, 4.69) is 10.0 Å². The maximum Gasteiger partial charge on any atom is 0.262 e. The Morgan fingerprint density at radius 1 is 0.893 bits per heavy atom. The van der Waals surface area contributed by atoms with Crippen LogP contribution >= 0.6 is 11.6 Å². The first kappa shape index (κ1) is 19.9. The molecule has 5 nitrogen and oxygen atoms in total. The second kappa shape index (κ2) is 8.04. The van der Waals surface area contributed by atoms with Crippen molar-refractivity contribution in [1.82, 2.24) is 0 Å². The number of halogens is 1. The van der Waals surface area contributed by atoms with E-state index in [-0.39, 0.29) is 10.5 Å². The van der Waals surface area contributed by atoms with Gasteiger partial charge in [-0.15, -0.1) is 0 Å². The van der Waals surface area contributed by atoms with Crippen molar-refractivity contribution in [2.45, 2.75) is 18.7 Å². The lowest BCUT2D eigenvalue weighted by Crippen LogP contribution is -2.17. The summed E-state index contributed by atoms with van der Waals surface area (Å²) in [6, 6.07) is 18.3. The zero-order chi connectivity index (χ0) is 20.3. The van der Waals surface area contributed by atoms with Gasteiger partial charge in [0.1, 0.15) is 0 Å². The smallest absolute Gasteiger partial charge is 0.262 e. The Hall–Kier alpha value is -2.83. The van der Waals surface area contributed by atoms with Gasteiger partial charge in [-0.3, -0.25) is 9.52 Å². The summed E-state index contributed by atoms with van der Waals surface area (Å²) in [7, 11) is -3.84. The SMILES string of the molecule is Cc1ccc(NS(=O)(=O)c2cc(C(=O)Nc3cccc(Cl)c3)ccc2C)cc1. The maximum absolute atomic E-state index is 12.8. The summed E-state index contributed by atoms with van der Waals surface area (Å²) in [4.78, 5) is 12.6. The molecule has 0 bridgehead atoms. The van der Waals surface area contributed by atoms with Crippen LogP contribution in [0.2, 0.25) is 5.02 Å². The molecule has 3 rings (SSSR count). The van der Waals surface area contributed by atoms with Crippen molar-refractivity contribution in [1.29, 1.82) is 0 Å². The lowest BCUT2D eigenvalue weighted by Gasteiger charge is -2.12. The summed E-state index contributed by atoms with van der Waals surface area (Å²) in [6.07, 6.45) is 0. The van der Waals surface area contributed by atoms with E-state index in [0.717, 1.165) is 5.56 Å². The number of hydrogen-bond acceptors (Lipinski definition) is 3. The van der Waals surface area contributed by atoms with Gasteiger partial charge in [0.2, 0.25) is 0 Å². The molecule has 0 spiro atoms. The topological polar surface area (TPSA) is 75.3 Å². The number of benzene rings is 3. The molecule has 0 atom stereocenters. The van der Waals surface area contributed by atoms with Gasteiger partial charge in [0, 0.05) is 22.0 Å². The molecular formula is C21H19ClN2O3S. The summed E-state index contributed by atoms with van der Waals surface area (Å²) in [6.45, 7) is 3.60. The third kappa shape index (κ3) is 4.71. The standard InChI is InChI=1S/C21H19ClN2O3S/c1-14-6-10-18(11-7-14)24-28(26,27)20-12-16(9-8-15(20)2)21(25)23-19-5-3-4-17(22)13-19/h3-13,24H,1-2H3,(H,23,25). The van der Waals surface area contributed by atoms with E-state index < -0.39 is 15.9 Å². The van der Waals surface area contributed by atoms with Crippen molar-refractivity contribution in [3.63, 3.8) is 0 Å². The molecule has 2 N–H and O–H groups in total. The zero-order valence-electron chi connectivity index (χ0n) is 15.4. The molecule has 0 unspecified atom stereocenters. The molecule has 0 saturated heterocycles. The van der Waals surface area contributed by atoms with Gasteiger partial charge in [0.15, 0.2) is 0 Å². The van der Waals surface area contributed by atoms with Gasteiger partial charge in [0.25, 0.3) is 15.9 Å². The number of aryl methyl sites for hydroxylation is 2. The van der Waals surface area contributed by atoms with E-state index in [9.17, 15) is 13.2 Å². The number of sulfonamides is 1. The number of nitrogens with one attached hydrogen (secondary N) is 2. The van der Waals surface area contributed by atoms with Crippen LogP contribution in [0, 0.1) is 13.8 Å². The van der Waals surface area contributed by atoms with Crippen molar-refractivity contribution in [2.75, 3.05) is 10.0 Å². The number of anilines is 2. The van der Waals surface area contributed by atoms with Gasteiger partial charge in [-0.2, -0.15) is 0 Å². The van der Waals surface area contributed by atoms with Gasteiger partial charge >= 0.3 is 0 Å². The highest BCUT2D eigenvalue weighted by molar-refractivity contribution is 7.92. The molecule has 0 saturated carbocycles. The third-order valence-electron chi connectivity index (χ3n) is 4.13. The molecule has 0 fully saturated rings. The molecule has 3 aromatic rings. The monoisotopic (exact) mass is 414 g/mol. The quantitative estimate of drug-likeness (QED) is 0.616. The van der Waals surface area contributed by atoms with E-state index in [0.29, 0.717) is 22.0 Å². The minimum Gasteiger partial charge on any atom is -0.322 e. The minimum absolute atomic E-state index is 0.0480. The van der Waals surface area contributed by atoms with Gasteiger partial charge < -0.3 is 5.32 Å². The van der Waals surface area contributed by atoms with Gasteiger partial charge in [-0.05, 0) is 61.9 Å². The van der Waals surface area contributed by atoms with Crippen LogP contribution in [0.4, 0.5) is 11.4 Å². The third-order valence-corrected chi connectivity index (χ3v) is 5.88. The lowest BCUT2D eigenvalue weighted by molar-refractivity contribution is 0.102. The molecule has 0 aliphatic rings. The molecule has 3 aromatic carbocycles. The Bertz CT molecular complexity index is 1130. The van der Waals surface area contributed by atoms with Crippen molar-refractivity contribution in [3.05, 3.63) is 88.4 Å². The Morgan fingerprint density at radius 3 is 2.29 bits per heavy atom. The summed E-state index contributed by atoms with van der Waals surface area (Å²) in [5, 5.41) is 3.21. The molecule has 1 amide bonds. The van der Waals surface area contributed by atoms with Crippen LogP contribution in [-0.2, 0) is 10.0 Å². The largest absolute Gasteiger partial charge is 0.322 e. The van der Waals surface area contributed by atoms with E-state index in [1.54, 1.807) is 55.5 Å². The van der Waals surface area contributed by atoms with Crippen LogP contribution in [0.1, 0.15) is 21.5 Å². The van der Waals surface area contributed by atoms with Crippen molar-refractivity contribution >= 4 is 38.9 Å². The second-order valence-corrected chi connectivity index (χ2v) is 8.50. The lowest BCUT2D eigenvalue weighted by atomic mass is 10.1. The fourth-order valence-electron chi connectivity index (χ4n) is 2.63. The Balaban J connectivity index is 1.87. The van der Waals surface area contributed by atoms with Gasteiger partial charge in [0.05, 0.1) is 4.90 Å².